The van der Waals surface area contributed by atoms with Crippen molar-refractivity contribution in [1.82, 2.24) is 0 Å². The van der Waals surface area contributed by atoms with E-state index in [2.05, 4.69) is 0 Å². The summed E-state index contributed by atoms with van der Waals surface area (Å²) < 4.78 is 29.0. The van der Waals surface area contributed by atoms with Crippen molar-refractivity contribution in [2.45, 2.75) is 63.5 Å². The Kier molecular flexibility index (Phi) is 9.78. The van der Waals surface area contributed by atoms with Gasteiger partial charge in [-0.1, -0.05) is 42.5 Å². The van der Waals surface area contributed by atoms with Crippen molar-refractivity contribution < 1.29 is 38.4 Å². The number of hydrogen-bond acceptors (Lipinski definition) is 8. The lowest BCUT2D eigenvalue weighted by atomic mass is 10.0. The second-order valence-corrected chi connectivity index (χ2v) is 8.95. The van der Waals surface area contributed by atoms with Gasteiger partial charge in [0.2, 0.25) is 0 Å². The van der Waals surface area contributed by atoms with Crippen molar-refractivity contribution in [2.24, 2.45) is 0 Å². The van der Waals surface area contributed by atoms with Crippen LogP contribution in [0.1, 0.15) is 47.9 Å². The maximum absolute atomic E-state index is 12.9. The predicted molar refractivity (Wildman–Crippen MR) is 132 cm³/mol. The Hall–Kier alpha value is -3.04. The summed E-state index contributed by atoms with van der Waals surface area (Å²) in [5.74, 6) is -1.92. The Labute approximate surface area is 211 Å². The molecule has 8 nitrogen and oxygen atoms in total. The predicted octanol–water partition coefficient (Wildman–Crippen LogP) is 3.93. The zero-order chi connectivity index (χ0) is 26.1. The Morgan fingerprint density at radius 2 is 1.50 bits per heavy atom. The lowest BCUT2D eigenvalue weighted by Crippen LogP contribution is -2.38. The van der Waals surface area contributed by atoms with Gasteiger partial charge in [-0.3, -0.25) is 0 Å². The van der Waals surface area contributed by atoms with Crippen LogP contribution in [0.2, 0.25) is 0 Å². The summed E-state index contributed by atoms with van der Waals surface area (Å²) in [5.41, 5.74) is 0.824. The Morgan fingerprint density at radius 3 is 2.03 bits per heavy atom. The minimum absolute atomic E-state index is 0.114. The topological polar surface area (TPSA) is 101 Å². The second-order valence-electron chi connectivity index (χ2n) is 8.95. The third kappa shape index (κ3) is 7.48. The van der Waals surface area contributed by atoms with E-state index in [0.29, 0.717) is 17.5 Å². The molecule has 0 aliphatic carbocycles. The number of aliphatic hydroxyl groups excluding tert-OH is 1. The number of carbonyl (C=O) groups is 2. The molecule has 2 aromatic rings. The minimum atomic E-state index is -0.922. The molecule has 0 spiro atoms. The summed E-state index contributed by atoms with van der Waals surface area (Å²) in [6.07, 6.45) is 0.356. The average Bonchev–Trinajstić information content (AvgIpc) is 3.18. The molecule has 0 bridgehead atoms. The summed E-state index contributed by atoms with van der Waals surface area (Å²) in [5, 5.41) is 9.53. The highest BCUT2D eigenvalue weighted by atomic mass is 16.8. The number of hydrogen-bond donors (Lipinski definition) is 1. The number of ether oxygens (including phenoxy) is 5. The Bertz CT molecular complexity index is 1000. The second kappa shape index (κ2) is 12.8. The summed E-state index contributed by atoms with van der Waals surface area (Å²) in [4.78, 5) is 25.4. The largest absolute Gasteiger partial charge is 0.456 e. The summed E-state index contributed by atoms with van der Waals surface area (Å²) in [6.45, 7) is 5.13. The van der Waals surface area contributed by atoms with Gasteiger partial charge < -0.3 is 28.8 Å². The van der Waals surface area contributed by atoms with Gasteiger partial charge in [0.25, 0.3) is 0 Å². The molecule has 1 N–H and O–H groups in total. The molecule has 36 heavy (non-hydrogen) atoms. The van der Waals surface area contributed by atoms with Crippen molar-refractivity contribution in [3.63, 3.8) is 0 Å². The number of methoxy groups -OCH3 is 1. The van der Waals surface area contributed by atoms with Crippen LogP contribution in [-0.4, -0.2) is 67.1 Å². The first kappa shape index (κ1) is 27.5. The zero-order valence-electron chi connectivity index (χ0n) is 21.0. The molecule has 1 heterocycles. The fourth-order valence-electron chi connectivity index (χ4n) is 4.00. The number of rotatable bonds is 11. The van der Waals surface area contributed by atoms with Crippen molar-refractivity contribution in [3.8, 4) is 0 Å². The Balaban J connectivity index is 1.80. The van der Waals surface area contributed by atoms with Gasteiger partial charge in [0.05, 0.1) is 17.2 Å². The zero-order valence-corrected chi connectivity index (χ0v) is 21.0. The molecule has 1 aliphatic rings. The van der Waals surface area contributed by atoms with E-state index in [9.17, 15) is 14.7 Å². The van der Waals surface area contributed by atoms with Gasteiger partial charge in [-0.05, 0) is 57.5 Å². The third-order valence-electron chi connectivity index (χ3n) is 5.74. The molecule has 8 heteroatoms. The van der Waals surface area contributed by atoms with E-state index < -0.39 is 48.2 Å². The molecular formula is C28H34O8. The van der Waals surface area contributed by atoms with Gasteiger partial charge >= 0.3 is 11.9 Å². The van der Waals surface area contributed by atoms with E-state index in [1.54, 1.807) is 81.5 Å². The first-order valence-electron chi connectivity index (χ1n) is 11.9. The van der Waals surface area contributed by atoms with E-state index in [1.165, 1.54) is 7.11 Å². The number of carbonyl (C=O) groups excluding carboxylic acids is 2. The van der Waals surface area contributed by atoms with E-state index in [0.717, 1.165) is 0 Å². The van der Waals surface area contributed by atoms with E-state index in [1.807, 2.05) is 12.1 Å². The minimum Gasteiger partial charge on any atom is -0.456 e. The van der Waals surface area contributed by atoms with Crippen molar-refractivity contribution >= 4 is 11.9 Å². The maximum Gasteiger partial charge on any atom is 0.338 e. The standard InChI is InChI=1S/C28H34O8/c1-19(33-26(30)20-11-7-5-8-12-20)22(32-4)15-16-23(34-27(31)21-13-9-6-10-14-21)25-24(17-18-29)35-28(2,3)36-25/h5-16,19,22-25,29H,17-18H2,1-4H3/t19-,22+,23?,24-,25+/m0/s1. The molecule has 194 valence electrons. The smallest absolute Gasteiger partial charge is 0.338 e. The van der Waals surface area contributed by atoms with E-state index >= 15 is 0 Å². The van der Waals surface area contributed by atoms with Gasteiger partial charge in [-0.2, -0.15) is 0 Å². The molecule has 0 amide bonds. The molecule has 2 aromatic carbocycles. The summed E-state index contributed by atoms with van der Waals surface area (Å²) in [6, 6.07) is 17.3. The van der Waals surface area contributed by atoms with Crippen LogP contribution in [0.5, 0.6) is 0 Å². The van der Waals surface area contributed by atoms with Gasteiger partial charge in [0, 0.05) is 13.7 Å². The first-order chi connectivity index (χ1) is 17.2. The van der Waals surface area contributed by atoms with Crippen molar-refractivity contribution in [1.29, 1.82) is 0 Å². The third-order valence-corrected chi connectivity index (χ3v) is 5.74. The van der Waals surface area contributed by atoms with Gasteiger partial charge in [-0.15, -0.1) is 0 Å². The van der Waals surface area contributed by atoms with Crippen LogP contribution < -0.4 is 0 Å². The molecule has 0 saturated carbocycles. The quantitative estimate of drug-likeness (QED) is 0.367. The normalized spacial score (nSPS) is 21.6. The molecule has 1 saturated heterocycles. The molecule has 0 aromatic heterocycles. The van der Waals surface area contributed by atoms with Crippen LogP contribution in [0.4, 0.5) is 0 Å². The van der Waals surface area contributed by atoms with Gasteiger partial charge in [-0.25, -0.2) is 9.59 Å². The van der Waals surface area contributed by atoms with Gasteiger partial charge in [0.15, 0.2) is 5.79 Å². The molecule has 0 radical (unpaired) electrons. The summed E-state index contributed by atoms with van der Waals surface area (Å²) in [7, 11) is 1.50. The average molecular weight is 499 g/mol. The SMILES string of the molecule is CO[C@H](C=CC(OC(=O)c1ccccc1)[C@H]1OC(C)(C)O[C@H]1CCO)[C@H](C)OC(=O)c1ccccc1. The molecule has 1 fully saturated rings. The maximum atomic E-state index is 12.9. The highest BCUT2D eigenvalue weighted by Crippen LogP contribution is 2.33. The van der Waals surface area contributed by atoms with Crippen LogP contribution >= 0.6 is 0 Å². The van der Waals surface area contributed by atoms with E-state index in [-0.39, 0.29) is 6.61 Å². The Morgan fingerprint density at radius 1 is 0.944 bits per heavy atom. The van der Waals surface area contributed by atoms with Crippen molar-refractivity contribution in [2.75, 3.05) is 13.7 Å². The van der Waals surface area contributed by atoms with Crippen LogP contribution in [-0.2, 0) is 23.7 Å². The summed E-state index contributed by atoms with van der Waals surface area (Å²) >= 11 is 0. The van der Waals surface area contributed by atoms with Crippen LogP contribution in [0, 0.1) is 0 Å². The monoisotopic (exact) mass is 498 g/mol. The molecule has 3 rings (SSSR count). The number of benzene rings is 2. The van der Waals surface area contributed by atoms with Gasteiger partial charge in [0.1, 0.15) is 24.4 Å². The molecule has 1 unspecified atom stereocenters. The molecular weight excluding hydrogens is 464 g/mol. The van der Waals surface area contributed by atoms with E-state index in [4.69, 9.17) is 23.7 Å². The fraction of sp³-hybridized carbons (Fsp3) is 0.429. The molecule has 1 aliphatic heterocycles. The number of aliphatic hydroxyl groups is 1. The first-order valence-corrected chi connectivity index (χ1v) is 11.9. The highest BCUT2D eigenvalue weighted by Gasteiger charge is 2.45. The lowest BCUT2D eigenvalue weighted by Gasteiger charge is -2.25. The number of esters is 2. The van der Waals surface area contributed by atoms with Crippen molar-refractivity contribution in [3.05, 3.63) is 83.9 Å². The van der Waals surface area contributed by atoms with Crippen LogP contribution in [0.3, 0.4) is 0 Å². The highest BCUT2D eigenvalue weighted by molar-refractivity contribution is 5.90. The lowest BCUT2D eigenvalue weighted by molar-refractivity contribution is -0.153. The fourth-order valence-corrected chi connectivity index (χ4v) is 4.00. The molecule has 5 atom stereocenters. The van der Waals surface area contributed by atoms with Crippen LogP contribution in [0.15, 0.2) is 72.8 Å². The van der Waals surface area contributed by atoms with Crippen LogP contribution in [0.25, 0.3) is 0 Å².